The normalized spacial score (nSPS) is 22.9. The Balaban J connectivity index is 1.36. The maximum Gasteiger partial charge on any atom is 0.321 e. The third kappa shape index (κ3) is 3.89. The number of likely N-dealkylation sites (tertiary alicyclic amines) is 1. The predicted octanol–water partition coefficient (Wildman–Crippen LogP) is 2.06. The van der Waals surface area contributed by atoms with Crippen LogP contribution in [0, 0.1) is 6.92 Å². The highest BCUT2D eigenvalue weighted by Gasteiger charge is 2.44. The van der Waals surface area contributed by atoms with Crippen molar-refractivity contribution in [3.8, 4) is 0 Å². The van der Waals surface area contributed by atoms with Crippen molar-refractivity contribution >= 4 is 29.2 Å². The van der Waals surface area contributed by atoms with Crippen LogP contribution in [0.25, 0.3) is 0 Å². The van der Waals surface area contributed by atoms with Crippen LogP contribution >= 0.6 is 11.8 Å². The van der Waals surface area contributed by atoms with Gasteiger partial charge in [0.25, 0.3) is 5.89 Å². The lowest BCUT2D eigenvalue weighted by atomic mass is 10.0. The van der Waals surface area contributed by atoms with E-state index < -0.39 is 5.60 Å². The molecular formula is C18H23N5O3S. The lowest BCUT2D eigenvalue weighted by Gasteiger charge is -2.28. The third-order valence-electron chi connectivity index (χ3n) is 4.96. The number of carbonyl (C=O) groups is 1. The first-order valence-electron chi connectivity index (χ1n) is 9.05. The molecule has 2 aromatic rings. The Bertz CT molecular complexity index is 806. The number of nitrogens with one attached hydrogen (secondary N) is 1. The van der Waals surface area contributed by atoms with Gasteiger partial charge in [0, 0.05) is 48.9 Å². The summed E-state index contributed by atoms with van der Waals surface area (Å²) >= 11 is 1.98. The van der Waals surface area contributed by atoms with E-state index in [2.05, 4.69) is 20.4 Å². The van der Waals surface area contributed by atoms with Crippen LogP contribution in [-0.4, -0.2) is 63.9 Å². The summed E-state index contributed by atoms with van der Waals surface area (Å²) in [6.45, 7) is 4.36. The van der Waals surface area contributed by atoms with E-state index in [1.165, 1.54) is 5.69 Å². The molecule has 2 fully saturated rings. The molecule has 144 valence electrons. The second-order valence-corrected chi connectivity index (χ2v) is 8.15. The average molecular weight is 389 g/mol. The lowest BCUT2D eigenvalue weighted by molar-refractivity contribution is 0.0171. The van der Waals surface area contributed by atoms with Gasteiger partial charge in [-0.05, 0) is 31.2 Å². The standard InChI is InChI=1S/C18H23N5O3S/c1-13-19-16(26-21-13)18(25)6-7-23(12-18)17(24)20-14-2-4-15(5-3-14)22-8-10-27-11-9-22/h2-5,25H,6-12H2,1H3,(H,20,24)/t18-/m1/s1. The number of urea groups is 1. The SMILES string of the molecule is Cc1noc([C@@]2(O)CCN(C(=O)Nc3ccc(N4CCSCC4)cc3)C2)n1. The molecule has 0 saturated carbocycles. The summed E-state index contributed by atoms with van der Waals surface area (Å²) in [6.07, 6.45) is 0.369. The number of anilines is 2. The Morgan fingerprint density at radius 2 is 2.00 bits per heavy atom. The van der Waals surface area contributed by atoms with E-state index in [0.717, 1.165) is 30.3 Å². The van der Waals surface area contributed by atoms with Crippen molar-refractivity contribution in [3.63, 3.8) is 0 Å². The van der Waals surface area contributed by atoms with E-state index in [1.807, 2.05) is 36.0 Å². The van der Waals surface area contributed by atoms with Gasteiger partial charge in [0.1, 0.15) is 0 Å². The molecule has 3 heterocycles. The molecule has 8 nitrogen and oxygen atoms in total. The van der Waals surface area contributed by atoms with E-state index >= 15 is 0 Å². The molecule has 2 aliphatic heterocycles. The number of aryl methyl sites for hydroxylation is 1. The van der Waals surface area contributed by atoms with Crippen LogP contribution in [0.5, 0.6) is 0 Å². The zero-order valence-electron chi connectivity index (χ0n) is 15.2. The number of hydrogen-bond donors (Lipinski definition) is 2. The molecule has 9 heteroatoms. The molecule has 4 rings (SSSR count). The molecule has 1 aromatic carbocycles. The first-order chi connectivity index (χ1) is 13.0. The highest BCUT2D eigenvalue weighted by molar-refractivity contribution is 7.99. The number of thioether (sulfide) groups is 1. The minimum absolute atomic E-state index is 0.129. The zero-order chi connectivity index (χ0) is 18.9. The number of β-amino-alcohol motifs (C(OH)–C–C–N with tert-alkyl or cyclic N) is 1. The van der Waals surface area contributed by atoms with Gasteiger partial charge in [-0.2, -0.15) is 16.7 Å². The molecule has 2 N–H and O–H groups in total. The van der Waals surface area contributed by atoms with Crippen molar-refractivity contribution in [1.82, 2.24) is 15.0 Å². The summed E-state index contributed by atoms with van der Waals surface area (Å²) in [5.41, 5.74) is 0.629. The van der Waals surface area contributed by atoms with Gasteiger partial charge in [0.15, 0.2) is 11.4 Å². The number of aromatic nitrogens is 2. The number of hydrogen-bond acceptors (Lipinski definition) is 7. The van der Waals surface area contributed by atoms with Gasteiger partial charge in [-0.15, -0.1) is 0 Å². The number of benzene rings is 1. The highest BCUT2D eigenvalue weighted by atomic mass is 32.2. The van der Waals surface area contributed by atoms with Gasteiger partial charge < -0.3 is 24.7 Å². The third-order valence-corrected chi connectivity index (χ3v) is 5.90. The van der Waals surface area contributed by atoms with Gasteiger partial charge in [-0.1, -0.05) is 5.16 Å². The van der Waals surface area contributed by atoms with Gasteiger partial charge in [0.2, 0.25) is 0 Å². The fourth-order valence-electron chi connectivity index (χ4n) is 3.41. The van der Waals surface area contributed by atoms with E-state index in [0.29, 0.717) is 18.8 Å². The predicted molar refractivity (Wildman–Crippen MR) is 104 cm³/mol. The Morgan fingerprint density at radius 3 is 2.67 bits per heavy atom. The van der Waals surface area contributed by atoms with Crippen LogP contribution in [0.1, 0.15) is 18.1 Å². The fraction of sp³-hybridized carbons (Fsp3) is 0.500. The Labute approximate surface area is 161 Å². The molecule has 0 spiro atoms. The Morgan fingerprint density at radius 1 is 1.26 bits per heavy atom. The Kier molecular flexibility index (Phi) is 4.96. The summed E-state index contributed by atoms with van der Waals surface area (Å²) in [5, 5.41) is 17.3. The van der Waals surface area contributed by atoms with Crippen molar-refractivity contribution in [2.45, 2.75) is 18.9 Å². The number of rotatable bonds is 3. The largest absolute Gasteiger partial charge is 0.378 e. The van der Waals surface area contributed by atoms with Crippen molar-refractivity contribution in [1.29, 1.82) is 0 Å². The lowest BCUT2D eigenvalue weighted by Crippen LogP contribution is -2.37. The summed E-state index contributed by atoms with van der Waals surface area (Å²) in [6, 6.07) is 7.65. The number of nitrogens with zero attached hydrogens (tertiary/aromatic N) is 4. The summed E-state index contributed by atoms with van der Waals surface area (Å²) in [4.78, 5) is 20.6. The quantitative estimate of drug-likeness (QED) is 0.830. The molecule has 2 aliphatic rings. The van der Waals surface area contributed by atoms with Gasteiger partial charge in [-0.3, -0.25) is 0 Å². The van der Waals surface area contributed by atoms with Crippen LogP contribution in [-0.2, 0) is 5.60 Å². The zero-order valence-corrected chi connectivity index (χ0v) is 16.0. The maximum atomic E-state index is 12.5. The van der Waals surface area contributed by atoms with Crippen molar-refractivity contribution < 1.29 is 14.4 Å². The van der Waals surface area contributed by atoms with E-state index in [-0.39, 0.29) is 18.5 Å². The van der Waals surface area contributed by atoms with Crippen molar-refractivity contribution in [2.24, 2.45) is 0 Å². The average Bonchev–Trinajstić information content (AvgIpc) is 3.30. The second kappa shape index (κ2) is 7.40. The summed E-state index contributed by atoms with van der Waals surface area (Å²) in [7, 11) is 0. The monoisotopic (exact) mass is 389 g/mol. The van der Waals surface area contributed by atoms with Crippen molar-refractivity contribution in [3.05, 3.63) is 36.0 Å². The topological polar surface area (TPSA) is 94.7 Å². The highest BCUT2D eigenvalue weighted by Crippen LogP contribution is 2.31. The first kappa shape index (κ1) is 18.1. The molecule has 1 atom stereocenters. The molecule has 2 amide bonds. The van der Waals surface area contributed by atoms with Gasteiger partial charge in [-0.25, -0.2) is 4.79 Å². The second-order valence-electron chi connectivity index (χ2n) is 6.93. The van der Waals surface area contributed by atoms with E-state index in [4.69, 9.17) is 4.52 Å². The molecule has 0 unspecified atom stereocenters. The summed E-state index contributed by atoms with van der Waals surface area (Å²) < 4.78 is 5.09. The molecule has 0 aliphatic carbocycles. The molecule has 2 saturated heterocycles. The number of carbonyl (C=O) groups excluding carboxylic acids is 1. The molecule has 27 heavy (non-hydrogen) atoms. The van der Waals surface area contributed by atoms with Gasteiger partial charge >= 0.3 is 6.03 Å². The first-order valence-corrected chi connectivity index (χ1v) is 10.2. The van der Waals surface area contributed by atoms with E-state index in [9.17, 15) is 9.90 Å². The van der Waals surface area contributed by atoms with Gasteiger partial charge in [0.05, 0.1) is 6.54 Å². The smallest absolute Gasteiger partial charge is 0.321 e. The van der Waals surface area contributed by atoms with Crippen LogP contribution < -0.4 is 10.2 Å². The minimum atomic E-state index is -1.28. The molecule has 0 radical (unpaired) electrons. The minimum Gasteiger partial charge on any atom is -0.378 e. The van der Waals surface area contributed by atoms with E-state index in [1.54, 1.807) is 11.8 Å². The molecule has 1 aromatic heterocycles. The molecule has 0 bridgehead atoms. The maximum absolute atomic E-state index is 12.5. The fourth-order valence-corrected chi connectivity index (χ4v) is 4.31. The Hall–Kier alpha value is -2.26. The van der Waals surface area contributed by atoms with Crippen LogP contribution in [0.15, 0.2) is 28.8 Å². The van der Waals surface area contributed by atoms with Crippen molar-refractivity contribution in [2.75, 3.05) is 47.9 Å². The molecular weight excluding hydrogens is 366 g/mol. The number of amides is 2. The van der Waals surface area contributed by atoms with Crippen LogP contribution in [0.3, 0.4) is 0 Å². The summed E-state index contributed by atoms with van der Waals surface area (Å²) in [5.74, 6) is 2.93. The number of aliphatic hydroxyl groups is 1. The van der Waals surface area contributed by atoms with Crippen LogP contribution in [0.2, 0.25) is 0 Å². The van der Waals surface area contributed by atoms with Crippen LogP contribution in [0.4, 0.5) is 16.2 Å².